The Kier molecular flexibility index (Phi) is 6.00. The Hall–Kier alpha value is -2.69. The lowest BCUT2D eigenvalue weighted by molar-refractivity contribution is -0.131. The number of aryl methyl sites for hydroxylation is 1. The molecule has 136 valence electrons. The van der Waals surface area contributed by atoms with Crippen molar-refractivity contribution in [3.8, 4) is 0 Å². The third-order valence-electron chi connectivity index (χ3n) is 5.15. The van der Waals surface area contributed by atoms with E-state index in [1.807, 2.05) is 35.2 Å². The van der Waals surface area contributed by atoms with Gasteiger partial charge in [-0.25, -0.2) is 0 Å². The van der Waals surface area contributed by atoms with Crippen LogP contribution < -0.4 is 5.73 Å². The SMILES string of the molecule is NC(=O)c1ccccc1CCC1CCN(C(=O)Cc2cccnc2)CC1. The number of rotatable bonds is 6. The Bertz CT molecular complexity index is 753. The van der Waals surface area contributed by atoms with Crippen molar-refractivity contribution in [1.82, 2.24) is 9.88 Å². The minimum absolute atomic E-state index is 0.176. The van der Waals surface area contributed by atoms with Crippen LogP contribution in [0.15, 0.2) is 48.8 Å². The summed E-state index contributed by atoms with van der Waals surface area (Å²) < 4.78 is 0. The zero-order chi connectivity index (χ0) is 18.4. The summed E-state index contributed by atoms with van der Waals surface area (Å²) in [5.41, 5.74) is 8.06. The molecule has 0 aliphatic carbocycles. The zero-order valence-corrected chi connectivity index (χ0v) is 14.9. The third-order valence-corrected chi connectivity index (χ3v) is 5.15. The van der Waals surface area contributed by atoms with Gasteiger partial charge in [0.1, 0.15) is 0 Å². The van der Waals surface area contributed by atoms with Crippen LogP contribution in [0.4, 0.5) is 0 Å². The molecule has 1 saturated heterocycles. The van der Waals surface area contributed by atoms with Crippen molar-refractivity contribution >= 4 is 11.8 Å². The fourth-order valence-corrected chi connectivity index (χ4v) is 3.60. The molecular formula is C21H25N3O2. The molecule has 0 atom stereocenters. The number of benzene rings is 1. The lowest BCUT2D eigenvalue weighted by atomic mass is 9.89. The molecule has 5 nitrogen and oxygen atoms in total. The van der Waals surface area contributed by atoms with Crippen LogP contribution in [0.5, 0.6) is 0 Å². The smallest absolute Gasteiger partial charge is 0.248 e. The zero-order valence-electron chi connectivity index (χ0n) is 14.9. The standard InChI is InChI=1S/C21H25N3O2/c22-21(26)19-6-2-1-5-18(19)8-7-16-9-12-24(13-10-16)20(25)14-17-4-3-11-23-15-17/h1-6,11,15-16H,7-10,12-14H2,(H2,22,26). The number of pyridine rings is 1. The van der Waals surface area contributed by atoms with E-state index >= 15 is 0 Å². The van der Waals surface area contributed by atoms with Crippen molar-refractivity contribution in [2.24, 2.45) is 11.7 Å². The molecule has 1 aliphatic rings. The Morgan fingerprint density at radius 1 is 1.12 bits per heavy atom. The summed E-state index contributed by atoms with van der Waals surface area (Å²) in [5, 5.41) is 0. The number of piperidine rings is 1. The van der Waals surface area contributed by atoms with Gasteiger partial charge >= 0.3 is 0 Å². The number of aromatic nitrogens is 1. The molecule has 1 fully saturated rings. The quantitative estimate of drug-likeness (QED) is 0.869. The van der Waals surface area contributed by atoms with E-state index in [1.165, 1.54) is 0 Å². The van der Waals surface area contributed by atoms with Crippen LogP contribution in [0, 0.1) is 5.92 Å². The summed E-state index contributed by atoms with van der Waals surface area (Å²) in [7, 11) is 0. The molecule has 5 heteroatoms. The summed E-state index contributed by atoms with van der Waals surface area (Å²) in [4.78, 5) is 30.0. The molecule has 1 aliphatic heterocycles. The second-order valence-electron chi connectivity index (χ2n) is 6.92. The van der Waals surface area contributed by atoms with Gasteiger partial charge in [-0.2, -0.15) is 0 Å². The monoisotopic (exact) mass is 351 g/mol. The van der Waals surface area contributed by atoms with E-state index in [4.69, 9.17) is 5.73 Å². The number of nitrogens with two attached hydrogens (primary N) is 1. The Morgan fingerprint density at radius 3 is 2.58 bits per heavy atom. The van der Waals surface area contributed by atoms with E-state index in [0.29, 0.717) is 17.9 Å². The minimum atomic E-state index is -0.364. The van der Waals surface area contributed by atoms with Crippen molar-refractivity contribution < 1.29 is 9.59 Å². The molecular weight excluding hydrogens is 326 g/mol. The molecule has 1 aromatic carbocycles. The van der Waals surface area contributed by atoms with Crippen molar-refractivity contribution in [3.63, 3.8) is 0 Å². The Morgan fingerprint density at radius 2 is 1.88 bits per heavy atom. The largest absolute Gasteiger partial charge is 0.366 e. The molecule has 2 heterocycles. The first-order valence-electron chi connectivity index (χ1n) is 9.18. The number of nitrogens with zero attached hydrogens (tertiary/aromatic N) is 2. The highest BCUT2D eigenvalue weighted by Crippen LogP contribution is 2.24. The van der Waals surface area contributed by atoms with Crippen molar-refractivity contribution in [2.45, 2.75) is 32.1 Å². The van der Waals surface area contributed by atoms with Crippen LogP contribution in [-0.4, -0.2) is 34.8 Å². The molecule has 2 N–H and O–H groups in total. The highest BCUT2D eigenvalue weighted by molar-refractivity contribution is 5.94. The second-order valence-corrected chi connectivity index (χ2v) is 6.92. The second kappa shape index (κ2) is 8.61. The summed E-state index contributed by atoms with van der Waals surface area (Å²) in [6, 6.07) is 11.4. The number of amides is 2. The summed E-state index contributed by atoms with van der Waals surface area (Å²) in [6.45, 7) is 1.61. The van der Waals surface area contributed by atoms with Crippen LogP contribution in [0.3, 0.4) is 0 Å². The number of primary amides is 1. The number of likely N-dealkylation sites (tertiary alicyclic amines) is 1. The van der Waals surface area contributed by atoms with E-state index in [9.17, 15) is 9.59 Å². The van der Waals surface area contributed by atoms with Gasteiger partial charge < -0.3 is 10.6 Å². The van der Waals surface area contributed by atoms with Gasteiger partial charge in [-0.3, -0.25) is 14.6 Å². The fourth-order valence-electron chi connectivity index (χ4n) is 3.60. The molecule has 26 heavy (non-hydrogen) atoms. The van der Waals surface area contributed by atoms with E-state index < -0.39 is 0 Å². The van der Waals surface area contributed by atoms with Crippen LogP contribution >= 0.6 is 0 Å². The maximum Gasteiger partial charge on any atom is 0.248 e. The molecule has 0 radical (unpaired) electrons. The number of hydrogen-bond acceptors (Lipinski definition) is 3. The molecule has 0 unspecified atom stereocenters. The lowest BCUT2D eigenvalue weighted by Crippen LogP contribution is -2.39. The summed E-state index contributed by atoms with van der Waals surface area (Å²) in [6.07, 6.45) is 7.79. The van der Waals surface area contributed by atoms with Crippen molar-refractivity contribution in [3.05, 3.63) is 65.5 Å². The Labute approximate surface area is 154 Å². The predicted octanol–water partition coefficient (Wildman–Crippen LogP) is 2.59. The first-order valence-corrected chi connectivity index (χ1v) is 9.18. The van der Waals surface area contributed by atoms with Crippen LogP contribution in [-0.2, 0) is 17.6 Å². The first kappa shape index (κ1) is 18.1. The van der Waals surface area contributed by atoms with Gasteiger partial charge in [0, 0.05) is 31.0 Å². The lowest BCUT2D eigenvalue weighted by Gasteiger charge is -2.32. The normalized spacial score (nSPS) is 15.0. The van der Waals surface area contributed by atoms with Gasteiger partial charge in [0.05, 0.1) is 6.42 Å². The van der Waals surface area contributed by atoms with Crippen molar-refractivity contribution in [2.75, 3.05) is 13.1 Å². The first-order chi connectivity index (χ1) is 12.6. The molecule has 0 spiro atoms. The average Bonchev–Trinajstić information content (AvgIpc) is 2.67. The number of carbonyl (C=O) groups is 2. The topological polar surface area (TPSA) is 76.3 Å². The van der Waals surface area contributed by atoms with Crippen LogP contribution in [0.25, 0.3) is 0 Å². The van der Waals surface area contributed by atoms with Gasteiger partial charge in [-0.15, -0.1) is 0 Å². The Balaban J connectivity index is 1.47. The highest BCUT2D eigenvalue weighted by Gasteiger charge is 2.23. The van der Waals surface area contributed by atoms with E-state index in [1.54, 1.807) is 18.5 Å². The molecule has 2 amide bonds. The maximum atomic E-state index is 12.4. The minimum Gasteiger partial charge on any atom is -0.366 e. The van der Waals surface area contributed by atoms with E-state index in [-0.39, 0.29) is 11.8 Å². The van der Waals surface area contributed by atoms with E-state index in [0.717, 1.165) is 49.9 Å². The van der Waals surface area contributed by atoms with E-state index in [2.05, 4.69) is 4.98 Å². The summed E-state index contributed by atoms with van der Waals surface area (Å²) in [5.74, 6) is 0.394. The predicted molar refractivity (Wildman–Crippen MR) is 101 cm³/mol. The fraction of sp³-hybridized carbons (Fsp3) is 0.381. The number of hydrogen-bond donors (Lipinski definition) is 1. The van der Waals surface area contributed by atoms with Crippen LogP contribution in [0.1, 0.15) is 40.7 Å². The third kappa shape index (κ3) is 4.69. The molecule has 0 saturated carbocycles. The molecule has 2 aromatic rings. The summed E-state index contributed by atoms with van der Waals surface area (Å²) >= 11 is 0. The highest BCUT2D eigenvalue weighted by atomic mass is 16.2. The van der Waals surface area contributed by atoms with Crippen molar-refractivity contribution in [1.29, 1.82) is 0 Å². The van der Waals surface area contributed by atoms with Crippen LogP contribution in [0.2, 0.25) is 0 Å². The maximum absolute atomic E-state index is 12.4. The van der Waals surface area contributed by atoms with Gasteiger partial charge in [0.15, 0.2) is 0 Å². The van der Waals surface area contributed by atoms with Gasteiger partial charge in [-0.05, 0) is 54.9 Å². The average molecular weight is 351 g/mol. The number of carbonyl (C=O) groups excluding carboxylic acids is 2. The molecule has 3 rings (SSSR count). The van der Waals surface area contributed by atoms with Gasteiger partial charge in [0.2, 0.25) is 11.8 Å². The molecule has 1 aromatic heterocycles. The molecule has 0 bridgehead atoms. The van der Waals surface area contributed by atoms with Gasteiger partial charge in [-0.1, -0.05) is 24.3 Å². The van der Waals surface area contributed by atoms with Gasteiger partial charge in [0.25, 0.3) is 0 Å².